The number of fused-ring (bicyclic) bond motifs is 1. The van der Waals surface area contributed by atoms with Crippen LogP contribution in [0.5, 0.6) is 0 Å². The van der Waals surface area contributed by atoms with Crippen molar-refractivity contribution in [3.8, 4) is 11.1 Å². The summed E-state index contributed by atoms with van der Waals surface area (Å²) >= 11 is 0. The van der Waals surface area contributed by atoms with Crippen LogP contribution in [0.15, 0.2) is 76.5 Å². The zero-order chi connectivity index (χ0) is 29.6. The van der Waals surface area contributed by atoms with Gasteiger partial charge in [0.15, 0.2) is 0 Å². The Kier molecular flexibility index (Phi) is 7.44. The van der Waals surface area contributed by atoms with Crippen LogP contribution in [0, 0.1) is 12.7 Å². The molecule has 4 aromatic rings. The van der Waals surface area contributed by atoms with Crippen molar-refractivity contribution in [1.29, 1.82) is 0 Å². The minimum absolute atomic E-state index is 0.105. The van der Waals surface area contributed by atoms with Gasteiger partial charge in [0.2, 0.25) is 9.84 Å². The maximum atomic E-state index is 14.2. The molecule has 0 aliphatic rings. The number of esters is 1. The molecule has 0 aromatic heterocycles. The van der Waals surface area contributed by atoms with E-state index in [4.69, 9.17) is 4.74 Å². The third kappa shape index (κ3) is 5.67. The zero-order valence-electron chi connectivity index (χ0n) is 20.7. The number of sulfone groups is 1. The number of ether oxygens (including phenoxy) is 1. The van der Waals surface area contributed by atoms with Crippen LogP contribution in [0.2, 0.25) is 0 Å². The molecule has 4 rings (SSSR count). The highest BCUT2D eigenvalue weighted by Crippen LogP contribution is 2.39. The SMILES string of the molecule is COC(=O)Cc1cc2ccc(F)cc2c(-c2ccc(S(=O)(=O)c3cc(C(F)(F)F)cc(C(F)(F)F)c3)cc2)c1C. The van der Waals surface area contributed by atoms with Crippen molar-refractivity contribution < 1.29 is 48.7 Å². The number of hydrogen-bond donors (Lipinski definition) is 0. The molecule has 210 valence electrons. The highest BCUT2D eigenvalue weighted by molar-refractivity contribution is 7.91. The number of carbonyl (C=O) groups excluding carboxylic acids is 1. The fraction of sp³-hybridized carbons (Fsp3) is 0.179. The Hall–Kier alpha value is -3.93. The van der Waals surface area contributed by atoms with Crippen LogP contribution in [0.25, 0.3) is 21.9 Å². The molecular weight excluding hydrogens is 565 g/mol. The van der Waals surface area contributed by atoms with E-state index in [1.165, 1.54) is 37.4 Å². The average molecular weight is 585 g/mol. The van der Waals surface area contributed by atoms with Gasteiger partial charge in [-0.15, -0.1) is 0 Å². The van der Waals surface area contributed by atoms with E-state index in [9.17, 15) is 43.9 Å². The lowest BCUT2D eigenvalue weighted by Crippen LogP contribution is -2.13. The molecule has 0 bridgehead atoms. The summed E-state index contributed by atoms with van der Waals surface area (Å²) in [5, 5.41) is 1.01. The van der Waals surface area contributed by atoms with Gasteiger partial charge in [-0.3, -0.25) is 4.79 Å². The number of benzene rings is 4. The van der Waals surface area contributed by atoms with E-state index in [1.807, 2.05) is 0 Å². The fourth-order valence-electron chi connectivity index (χ4n) is 4.33. The summed E-state index contributed by atoms with van der Waals surface area (Å²) in [6.07, 6.45) is -10.6. The molecule has 0 radical (unpaired) electrons. The molecule has 4 nitrogen and oxygen atoms in total. The first-order valence-electron chi connectivity index (χ1n) is 11.5. The van der Waals surface area contributed by atoms with Gasteiger partial charge in [-0.2, -0.15) is 26.3 Å². The Morgan fingerprint density at radius 2 is 1.38 bits per heavy atom. The van der Waals surface area contributed by atoms with Gasteiger partial charge < -0.3 is 4.74 Å². The van der Waals surface area contributed by atoms with Gasteiger partial charge in [0.05, 0.1) is 34.4 Å². The molecule has 0 unspecified atom stereocenters. The van der Waals surface area contributed by atoms with E-state index >= 15 is 0 Å². The molecule has 0 amide bonds. The summed E-state index contributed by atoms with van der Waals surface area (Å²) in [5.74, 6) is -1.09. The maximum Gasteiger partial charge on any atom is 0.416 e. The highest BCUT2D eigenvalue weighted by Gasteiger charge is 2.38. The molecule has 0 aliphatic heterocycles. The predicted octanol–water partition coefficient (Wildman–Crippen LogP) is 7.54. The fourth-order valence-corrected chi connectivity index (χ4v) is 5.66. The van der Waals surface area contributed by atoms with Crippen molar-refractivity contribution in [3.05, 3.63) is 94.8 Å². The minimum Gasteiger partial charge on any atom is -0.469 e. The lowest BCUT2D eigenvalue weighted by Gasteiger charge is -2.17. The summed E-state index contributed by atoms with van der Waals surface area (Å²) < 4.78 is 125. The topological polar surface area (TPSA) is 60.4 Å². The van der Waals surface area contributed by atoms with E-state index in [0.29, 0.717) is 33.0 Å². The van der Waals surface area contributed by atoms with Crippen LogP contribution in [-0.4, -0.2) is 21.5 Å². The standard InChI is InChI=1S/C28H19F7O4S/c1-15-18(10-25(36)39-2)9-17-3-6-21(29)14-24(17)26(15)16-4-7-22(8-5-16)40(37,38)23-12-19(27(30,31)32)11-20(13-23)28(33,34)35/h3-9,11-14H,10H2,1-2H3. The minimum atomic E-state index is -5.22. The molecule has 0 atom stereocenters. The van der Waals surface area contributed by atoms with Crippen LogP contribution in [0.4, 0.5) is 30.7 Å². The van der Waals surface area contributed by atoms with E-state index in [0.717, 1.165) is 12.1 Å². The third-order valence-electron chi connectivity index (χ3n) is 6.36. The van der Waals surface area contributed by atoms with Crippen molar-refractivity contribution in [2.45, 2.75) is 35.5 Å². The Bertz CT molecular complexity index is 1690. The van der Waals surface area contributed by atoms with Crippen molar-refractivity contribution in [2.24, 2.45) is 0 Å². The van der Waals surface area contributed by atoms with Gasteiger partial charge in [0, 0.05) is 0 Å². The van der Waals surface area contributed by atoms with Gasteiger partial charge in [0.1, 0.15) is 5.82 Å². The Morgan fingerprint density at radius 1 is 0.800 bits per heavy atom. The number of alkyl halides is 6. The number of rotatable bonds is 5. The van der Waals surface area contributed by atoms with Gasteiger partial charge >= 0.3 is 18.3 Å². The van der Waals surface area contributed by atoms with Gasteiger partial charge in [-0.1, -0.05) is 24.3 Å². The molecule has 40 heavy (non-hydrogen) atoms. The maximum absolute atomic E-state index is 14.2. The predicted molar refractivity (Wildman–Crippen MR) is 132 cm³/mol. The Labute approximate surface area is 223 Å². The molecule has 4 aromatic carbocycles. The molecule has 0 saturated carbocycles. The Balaban J connectivity index is 1.86. The van der Waals surface area contributed by atoms with Crippen LogP contribution >= 0.6 is 0 Å². The molecule has 0 N–H and O–H groups in total. The number of halogens is 7. The van der Waals surface area contributed by atoms with Crippen LogP contribution < -0.4 is 0 Å². The van der Waals surface area contributed by atoms with Gasteiger partial charge in [-0.05, 0) is 82.4 Å². The first-order valence-corrected chi connectivity index (χ1v) is 12.9. The van der Waals surface area contributed by atoms with E-state index in [-0.39, 0.29) is 24.6 Å². The average Bonchev–Trinajstić information content (AvgIpc) is 2.88. The van der Waals surface area contributed by atoms with Crippen molar-refractivity contribution in [2.75, 3.05) is 7.11 Å². The second-order valence-electron chi connectivity index (χ2n) is 8.92. The summed E-state index contributed by atoms with van der Waals surface area (Å²) in [7, 11) is -3.59. The molecule has 0 aliphatic carbocycles. The molecule has 0 spiro atoms. The quantitative estimate of drug-likeness (QED) is 0.180. The monoisotopic (exact) mass is 584 g/mol. The lowest BCUT2D eigenvalue weighted by molar-refractivity contribution is -0.143. The molecular formula is C28H19F7O4S. The number of methoxy groups -OCH3 is 1. The van der Waals surface area contributed by atoms with E-state index in [1.54, 1.807) is 13.0 Å². The second kappa shape index (κ2) is 10.2. The largest absolute Gasteiger partial charge is 0.469 e. The van der Waals surface area contributed by atoms with Crippen LogP contribution in [-0.2, 0) is 38.1 Å². The third-order valence-corrected chi connectivity index (χ3v) is 8.11. The van der Waals surface area contributed by atoms with Crippen molar-refractivity contribution in [1.82, 2.24) is 0 Å². The first-order chi connectivity index (χ1) is 18.5. The summed E-state index contributed by atoms with van der Waals surface area (Å²) in [6.45, 7) is 1.67. The molecule has 0 saturated heterocycles. The molecule has 0 heterocycles. The number of hydrogen-bond acceptors (Lipinski definition) is 4. The summed E-state index contributed by atoms with van der Waals surface area (Å²) in [6, 6.07) is 10.5. The zero-order valence-corrected chi connectivity index (χ0v) is 21.6. The molecule has 0 fully saturated rings. The van der Waals surface area contributed by atoms with Crippen LogP contribution in [0.3, 0.4) is 0 Å². The smallest absolute Gasteiger partial charge is 0.416 e. The van der Waals surface area contributed by atoms with Gasteiger partial charge in [-0.25, -0.2) is 12.8 Å². The number of carbonyl (C=O) groups is 1. The first kappa shape index (κ1) is 29.1. The van der Waals surface area contributed by atoms with Crippen molar-refractivity contribution in [3.63, 3.8) is 0 Å². The highest BCUT2D eigenvalue weighted by atomic mass is 32.2. The molecule has 12 heteroatoms. The summed E-state index contributed by atoms with van der Waals surface area (Å²) in [4.78, 5) is 10.2. The Morgan fingerprint density at radius 3 is 1.90 bits per heavy atom. The van der Waals surface area contributed by atoms with E-state index < -0.39 is 54.9 Å². The normalized spacial score (nSPS) is 12.5. The van der Waals surface area contributed by atoms with Crippen molar-refractivity contribution >= 4 is 26.6 Å². The van der Waals surface area contributed by atoms with Gasteiger partial charge in [0.25, 0.3) is 0 Å². The lowest BCUT2D eigenvalue weighted by atomic mass is 9.89. The van der Waals surface area contributed by atoms with Crippen LogP contribution in [0.1, 0.15) is 22.3 Å². The second-order valence-corrected chi connectivity index (χ2v) is 10.9. The summed E-state index contributed by atoms with van der Waals surface area (Å²) in [5.41, 5.74) is -1.57. The van der Waals surface area contributed by atoms with E-state index in [2.05, 4.69) is 0 Å².